The van der Waals surface area contributed by atoms with Crippen LogP contribution in [0.1, 0.15) is 84.5 Å². The molecule has 0 heterocycles. The van der Waals surface area contributed by atoms with Gasteiger partial charge in [0.05, 0.1) is 6.10 Å². The molecule has 5 atom stereocenters. The number of rotatable bonds is 10. The Kier molecular flexibility index (Phi) is 10.3. The zero-order valence-electron chi connectivity index (χ0n) is 15.7. The van der Waals surface area contributed by atoms with E-state index in [1.54, 1.807) is 0 Å². The van der Waals surface area contributed by atoms with E-state index in [4.69, 9.17) is 9.47 Å². The molecule has 0 saturated heterocycles. The average molecular weight is 448 g/mol. The van der Waals surface area contributed by atoms with Crippen LogP contribution in [0.5, 0.6) is 0 Å². The Balaban J connectivity index is 1.68. The summed E-state index contributed by atoms with van der Waals surface area (Å²) >= 11 is 2.29. The zero-order chi connectivity index (χ0) is 17.2. The van der Waals surface area contributed by atoms with E-state index < -0.39 is 0 Å². The van der Waals surface area contributed by atoms with Gasteiger partial charge in [-0.2, -0.15) is 0 Å². The molecule has 0 spiro atoms. The second kappa shape index (κ2) is 11.9. The first-order valence-electron chi connectivity index (χ1n) is 10.3. The first-order chi connectivity index (χ1) is 11.7. The van der Waals surface area contributed by atoms with Gasteiger partial charge in [-0.05, 0) is 54.6 Å². The van der Waals surface area contributed by atoms with Crippen molar-refractivity contribution < 1.29 is 9.47 Å². The van der Waals surface area contributed by atoms with E-state index >= 15 is 0 Å². The molecule has 5 unspecified atom stereocenters. The van der Waals surface area contributed by atoms with Crippen molar-refractivity contribution in [3.05, 3.63) is 10.2 Å². The third-order valence-corrected chi connectivity index (χ3v) is 6.51. The lowest BCUT2D eigenvalue weighted by molar-refractivity contribution is -0.147. The van der Waals surface area contributed by atoms with Crippen LogP contribution < -0.4 is 0 Å². The van der Waals surface area contributed by atoms with E-state index in [0.717, 1.165) is 24.2 Å². The molecule has 2 rings (SSSR count). The van der Waals surface area contributed by atoms with Crippen molar-refractivity contribution in [2.75, 3.05) is 6.61 Å². The van der Waals surface area contributed by atoms with Gasteiger partial charge in [-0.3, -0.25) is 0 Å². The summed E-state index contributed by atoms with van der Waals surface area (Å²) in [5, 5.41) is 0. The van der Waals surface area contributed by atoms with Crippen molar-refractivity contribution in [2.45, 2.75) is 96.9 Å². The van der Waals surface area contributed by atoms with Gasteiger partial charge in [0.25, 0.3) is 0 Å². The van der Waals surface area contributed by atoms with Crippen molar-refractivity contribution in [3.8, 4) is 0 Å². The fraction of sp³-hybridized carbons (Fsp3) is 0.905. The Bertz CT molecular complexity index is 356. The predicted molar refractivity (Wildman–Crippen MR) is 110 cm³/mol. The fourth-order valence-corrected chi connectivity index (χ4v) is 5.46. The Morgan fingerprint density at radius 3 is 2.67 bits per heavy atom. The van der Waals surface area contributed by atoms with Gasteiger partial charge in [0.15, 0.2) is 6.29 Å². The Morgan fingerprint density at radius 1 is 1.08 bits per heavy atom. The van der Waals surface area contributed by atoms with Gasteiger partial charge >= 0.3 is 0 Å². The monoisotopic (exact) mass is 448 g/mol. The van der Waals surface area contributed by atoms with Crippen molar-refractivity contribution in [1.29, 1.82) is 0 Å². The molecular formula is C21H37IO2. The Labute approximate surface area is 163 Å². The van der Waals surface area contributed by atoms with E-state index in [9.17, 15) is 0 Å². The highest BCUT2D eigenvalue weighted by atomic mass is 127. The van der Waals surface area contributed by atoms with Gasteiger partial charge < -0.3 is 9.47 Å². The molecule has 0 aliphatic heterocycles. The lowest BCUT2D eigenvalue weighted by Gasteiger charge is -2.41. The van der Waals surface area contributed by atoms with Crippen molar-refractivity contribution in [2.24, 2.45) is 17.8 Å². The van der Waals surface area contributed by atoms with Gasteiger partial charge in [-0.1, -0.05) is 80.4 Å². The summed E-state index contributed by atoms with van der Waals surface area (Å²) in [5.74, 6) is 3.15. The maximum Gasteiger partial charge on any atom is 0.155 e. The maximum absolute atomic E-state index is 6.00. The molecule has 2 saturated carbocycles. The van der Waals surface area contributed by atoms with Crippen LogP contribution in [0.4, 0.5) is 0 Å². The zero-order valence-corrected chi connectivity index (χ0v) is 17.9. The van der Waals surface area contributed by atoms with Crippen molar-refractivity contribution in [3.63, 3.8) is 0 Å². The first-order valence-corrected chi connectivity index (χ1v) is 11.5. The molecule has 0 aromatic heterocycles. The first kappa shape index (κ1) is 20.7. The summed E-state index contributed by atoms with van der Waals surface area (Å²) in [6, 6.07) is 0. The van der Waals surface area contributed by atoms with Gasteiger partial charge in [-0.15, -0.1) is 0 Å². The van der Waals surface area contributed by atoms with Gasteiger partial charge in [-0.25, -0.2) is 0 Å². The third kappa shape index (κ3) is 6.95. The van der Waals surface area contributed by atoms with Crippen LogP contribution in [-0.2, 0) is 9.47 Å². The normalized spacial score (nSPS) is 30.2. The topological polar surface area (TPSA) is 18.5 Å². The molecule has 140 valence electrons. The second-order valence-electron chi connectivity index (χ2n) is 7.70. The van der Waals surface area contributed by atoms with Crippen LogP contribution in [0.3, 0.4) is 0 Å². The standard InChI is InChI=1S/C21H37IO2/c1-3-23-17(2)24-20(15-16-22)13-6-4-9-18-11-8-12-19-10-5-7-14-21(18)19/h15-21H,3-14H2,1-2H3. The molecule has 24 heavy (non-hydrogen) atoms. The third-order valence-electron chi connectivity index (χ3n) is 6.09. The molecule has 2 nitrogen and oxygen atoms in total. The molecule has 2 aliphatic rings. The number of halogens is 1. The van der Waals surface area contributed by atoms with Crippen LogP contribution in [0.15, 0.2) is 10.2 Å². The molecule has 0 bridgehead atoms. The summed E-state index contributed by atoms with van der Waals surface area (Å²) in [6.07, 6.45) is 18.0. The summed E-state index contributed by atoms with van der Waals surface area (Å²) < 4.78 is 13.6. The molecule has 2 fully saturated rings. The Hall–Kier alpha value is 0.390. The molecule has 3 heteroatoms. The molecule has 0 radical (unpaired) electrons. The average Bonchev–Trinajstić information content (AvgIpc) is 2.59. The minimum Gasteiger partial charge on any atom is -0.353 e. The number of fused-ring (bicyclic) bond motifs is 1. The quantitative estimate of drug-likeness (QED) is 0.206. The lowest BCUT2D eigenvalue weighted by atomic mass is 9.64. The Morgan fingerprint density at radius 2 is 1.88 bits per heavy atom. The predicted octanol–water partition coefficient (Wildman–Crippen LogP) is 6.87. The molecule has 0 N–H and O–H groups in total. The van der Waals surface area contributed by atoms with Gasteiger partial charge in [0, 0.05) is 6.61 Å². The molecular weight excluding hydrogens is 411 g/mol. The number of hydrogen-bond acceptors (Lipinski definition) is 2. The maximum atomic E-state index is 6.00. The van der Waals surface area contributed by atoms with Crippen LogP contribution in [-0.4, -0.2) is 19.0 Å². The fourth-order valence-electron chi connectivity index (χ4n) is 4.99. The van der Waals surface area contributed by atoms with Crippen molar-refractivity contribution >= 4 is 22.6 Å². The number of ether oxygens (including phenoxy) is 2. The molecule has 0 aromatic carbocycles. The molecule has 0 amide bonds. The molecule has 2 aliphatic carbocycles. The summed E-state index contributed by atoms with van der Waals surface area (Å²) in [7, 11) is 0. The van der Waals surface area contributed by atoms with Crippen molar-refractivity contribution in [1.82, 2.24) is 0 Å². The highest BCUT2D eigenvalue weighted by molar-refractivity contribution is 14.1. The van der Waals surface area contributed by atoms with Crippen LogP contribution in [0.25, 0.3) is 0 Å². The van der Waals surface area contributed by atoms with Crippen LogP contribution >= 0.6 is 22.6 Å². The highest BCUT2D eigenvalue weighted by Crippen LogP contribution is 2.45. The van der Waals surface area contributed by atoms with Gasteiger partial charge in [0.1, 0.15) is 0 Å². The van der Waals surface area contributed by atoms with Crippen LogP contribution in [0, 0.1) is 17.8 Å². The SMILES string of the molecule is CCOC(C)OC(C=CI)CCCCC1CCCC2CCCCC12. The highest BCUT2D eigenvalue weighted by Gasteiger charge is 2.34. The minimum atomic E-state index is -0.103. The largest absolute Gasteiger partial charge is 0.353 e. The summed E-state index contributed by atoms with van der Waals surface area (Å²) in [4.78, 5) is 0. The van der Waals surface area contributed by atoms with Crippen LogP contribution in [0.2, 0.25) is 0 Å². The lowest BCUT2D eigenvalue weighted by Crippen LogP contribution is -2.31. The summed E-state index contributed by atoms with van der Waals surface area (Å²) in [6.45, 7) is 4.74. The second-order valence-corrected chi connectivity index (χ2v) is 8.42. The van der Waals surface area contributed by atoms with Gasteiger partial charge in [0.2, 0.25) is 0 Å². The summed E-state index contributed by atoms with van der Waals surface area (Å²) in [5.41, 5.74) is 0. The van der Waals surface area contributed by atoms with E-state index in [0.29, 0.717) is 6.61 Å². The van der Waals surface area contributed by atoms with E-state index in [2.05, 4.69) is 32.7 Å². The van der Waals surface area contributed by atoms with E-state index in [-0.39, 0.29) is 12.4 Å². The molecule has 0 aromatic rings. The smallest absolute Gasteiger partial charge is 0.155 e. The minimum absolute atomic E-state index is 0.103. The number of hydrogen-bond donors (Lipinski definition) is 0. The van der Waals surface area contributed by atoms with E-state index in [1.165, 1.54) is 64.2 Å². The number of unbranched alkanes of at least 4 members (excludes halogenated alkanes) is 1. The van der Waals surface area contributed by atoms with E-state index in [1.807, 2.05) is 13.8 Å².